The minimum absolute atomic E-state index is 0.539. The van der Waals surface area contributed by atoms with Crippen LogP contribution >= 0.6 is 11.6 Å². The zero-order chi connectivity index (χ0) is 18.5. The van der Waals surface area contributed by atoms with Crippen LogP contribution in [0.1, 0.15) is 5.56 Å². The third kappa shape index (κ3) is 3.65. The van der Waals surface area contributed by atoms with E-state index in [9.17, 15) is 0 Å². The molecule has 0 aliphatic heterocycles. The van der Waals surface area contributed by atoms with Gasteiger partial charge in [0.1, 0.15) is 0 Å². The maximum atomic E-state index is 6.01. The lowest BCUT2D eigenvalue weighted by atomic mass is 10.2. The first-order chi connectivity index (χ1) is 12.7. The number of aromatic nitrogens is 1. The molecule has 0 amide bonds. The quantitative estimate of drug-likeness (QED) is 0.515. The fourth-order valence-corrected chi connectivity index (χ4v) is 2.74. The van der Waals surface area contributed by atoms with Crippen LogP contribution in [0.3, 0.4) is 0 Å². The second-order valence-corrected chi connectivity index (χ2v) is 5.79. The Kier molecular flexibility index (Phi) is 5.43. The Balaban J connectivity index is 1.87. The summed E-state index contributed by atoms with van der Waals surface area (Å²) in [5.74, 6) is 1.67. The predicted octanol–water partition coefficient (Wildman–Crippen LogP) is 4.36. The molecule has 1 N–H and O–H groups in total. The number of nitrogens with one attached hydrogen (secondary N) is 1. The summed E-state index contributed by atoms with van der Waals surface area (Å²) in [6.07, 6.45) is 3.38. The van der Waals surface area contributed by atoms with E-state index in [1.807, 2.05) is 36.4 Å². The number of benzene rings is 2. The number of pyridine rings is 1. The largest absolute Gasteiger partial charge is 0.493 e. The Bertz CT molecular complexity index is 935. The van der Waals surface area contributed by atoms with E-state index >= 15 is 0 Å². The van der Waals surface area contributed by atoms with Crippen LogP contribution in [0.5, 0.6) is 17.2 Å². The van der Waals surface area contributed by atoms with Crippen molar-refractivity contribution in [2.45, 2.75) is 0 Å². The van der Waals surface area contributed by atoms with E-state index in [2.05, 4.69) is 15.5 Å². The van der Waals surface area contributed by atoms with Crippen LogP contribution in [0.2, 0.25) is 5.02 Å². The highest BCUT2D eigenvalue weighted by Gasteiger charge is 2.12. The van der Waals surface area contributed by atoms with Gasteiger partial charge in [-0.3, -0.25) is 10.4 Å². The molecule has 0 saturated heterocycles. The van der Waals surface area contributed by atoms with Crippen LogP contribution in [0.25, 0.3) is 10.9 Å². The van der Waals surface area contributed by atoms with Gasteiger partial charge in [0.15, 0.2) is 11.5 Å². The molecule has 0 saturated carbocycles. The van der Waals surface area contributed by atoms with Crippen LogP contribution in [0.15, 0.2) is 47.7 Å². The zero-order valence-corrected chi connectivity index (χ0v) is 15.4. The molecule has 2 aromatic carbocycles. The number of anilines is 1. The van der Waals surface area contributed by atoms with Gasteiger partial charge in [-0.05, 0) is 36.4 Å². The highest BCUT2D eigenvalue weighted by Crippen LogP contribution is 2.37. The Morgan fingerprint density at radius 2 is 1.73 bits per heavy atom. The minimum atomic E-state index is 0.539. The number of hydrogen-bond donors (Lipinski definition) is 1. The van der Waals surface area contributed by atoms with Gasteiger partial charge in [-0.2, -0.15) is 5.10 Å². The normalized spacial score (nSPS) is 10.9. The molecule has 7 heteroatoms. The SMILES string of the molecule is COc1cc(/C=N\Nc2ccnc3cc(Cl)ccc23)cc(OC)c1OC. The monoisotopic (exact) mass is 371 g/mol. The van der Waals surface area contributed by atoms with E-state index < -0.39 is 0 Å². The summed E-state index contributed by atoms with van der Waals surface area (Å²) in [6.45, 7) is 0. The van der Waals surface area contributed by atoms with Crippen LogP contribution in [-0.4, -0.2) is 32.5 Å². The third-order valence-corrected chi connectivity index (χ3v) is 4.03. The molecule has 6 nitrogen and oxygen atoms in total. The smallest absolute Gasteiger partial charge is 0.203 e. The third-order valence-electron chi connectivity index (χ3n) is 3.79. The van der Waals surface area contributed by atoms with Gasteiger partial charge in [0.25, 0.3) is 0 Å². The summed E-state index contributed by atoms with van der Waals surface area (Å²) in [5, 5.41) is 5.87. The van der Waals surface area contributed by atoms with Crippen molar-refractivity contribution < 1.29 is 14.2 Å². The molecular formula is C19H18ClN3O3. The van der Waals surface area contributed by atoms with E-state index in [0.717, 1.165) is 22.2 Å². The number of hydrogen-bond acceptors (Lipinski definition) is 6. The minimum Gasteiger partial charge on any atom is -0.493 e. The summed E-state index contributed by atoms with van der Waals surface area (Å²) < 4.78 is 16.0. The Morgan fingerprint density at radius 3 is 2.38 bits per heavy atom. The Morgan fingerprint density at radius 1 is 1.00 bits per heavy atom. The van der Waals surface area contributed by atoms with Crippen LogP contribution < -0.4 is 19.6 Å². The number of fused-ring (bicyclic) bond motifs is 1. The molecule has 0 spiro atoms. The van der Waals surface area contributed by atoms with Gasteiger partial charge < -0.3 is 14.2 Å². The molecule has 0 atom stereocenters. The molecule has 1 aromatic heterocycles. The topological polar surface area (TPSA) is 65.0 Å². The molecule has 0 unspecified atom stereocenters. The van der Waals surface area contributed by atoms with Gasteiger partial charge in [0.2, 0.25) is 5.75 Å². The van der Waals surface area contributed by atoms with Crippen molar-refractivity contribution in [3.05, 3.63) is 53.2 Å². The lowest BCUT2D eigenvalue weighted by Crippen LogP contribution is -1.98. The number of hydrazone groups is 1. The van der Waals surface area contributed by atoms with E-state index in [1.54, 1.807) is 33.7 Å². The standard InChI is InChI=1S/C19H18ClN3O3/c1-24-17-8-12(9-18(25-2)19(17)26-3)11-22-23-15-6-7-21-16-10-13(20)4-5-14(15)16/h4-11H,1-3H3,(H,21,23)/b22-11-. The molecule has 0 radical (unpaired) electrons. The maximum absolute atomic E-state index is 6.01. The van der Waals surface area contributed by atoms with Crippen molar-refractivity contribution in [2.75, 3.05) is 26.8 Å². The highest BCUT2D eigenvalue weighted by molar-refractivity contribution is 6.31. The summed E-state index contributed by atoms with van der Waals surface area (Å²) in [7, 11) is 4.71. The zero-order valence-electron chi connectivity index (χ0n) is 14.6. The van der Waals surface area contributed by atoms with Crippen LogP contribution in [0, 0.1) is 0 Å². The number of ether oxygens (including phenoxy) is 3. The second kappa shape index (κ2) is 7.93. The van der Waals surface area contributed by atoms with Crippen LogP contribution in [-0.2, 0) is 0 Å². The molecule has 0 aliphatic rings. The van der Waals surface area contributed by atoms with Crippen molar-refractivity contribution in [2.24, 2.45) is 5.10 Å². The van der Waals surface area contributed by atoms with Gasteiger partial charge in [-0.15, -0.1) is 0 Å². The average molecular weight is 372 g/mol. The van der Waals surface area contributed by atoms with Crippen molar-refractivity contribution in [3.63, 3.8) is 0 Å². The lowest BCUT2D eigenvalue weighted by Gasteiger charge is -2.12. The molecule has 3 rings (SSSR count). The molecule has 134 valence electrons. The van der Waals surface area contributed by atoms with Crippen molar-refractivity contribution in [1.29, 1.82) is 0 Å². The lowest BCUT2D eigenvalue weighted by molar-refractivity contribution is 0.324. The van der Waals surface area contributed by atoms with Crippen LogP contribution in [0.4, 0.5) is 5.69 Å². The molecular weight excluding hydrogens is 354 g/mol. The summed E-state index contributed by atoms with van der Waals surface area (Å²) >= 11 is 6.01. The van der Waals surface area contributed by atoms with Crippen molar-refractivity contribution in [3.8, 4) is 17.2 Å². The molecule has 1 heterocycles. The molecule has 0 bridgehead atoms. The van der Waals surface area contributed by atoms with E-state index in [0.29, 0.717) is 22.3 Å². The highest BCUT2D eigenvalue weighted by atomic mass is 35.5. The van der Waals surface area contributed by atoms with Gasteiger partial charge in [0, 0.05) is 22.2 Å². The van der Waals surface area contributed by atoms with Gasteiger partial charge >= 0.3 is 0 Å². The van der Waals surface area contributed by atoms with Crippen molar-refractivity contribution >= 4 is 34.4 Å². The molecule has 0 fully saturated rings. The summed E-state index contributed by atoms with van der Waals surface area (Å²) in [4.78, 5) is 4.31. The first kappa shape index (κ1) is 17.8. The number of nitrogens with zero attached hydrogens (tertiary/aromatic N) is 2. The Hall–Kier alpha value is -2.99. The predicted molar refractivity (Wildman–Crippen MR) is 104 cm³/mol. The number of methoxy groups -OCH3 is 3. The fraction of sp³-hybridized carbons (Fsp3) is 0.158. The maximum Gasteiger partial charge on any atom is 0.203 e. The Labute approximate surface area is 156 Å². The summed E-state index contributed by atoms with van der Waals surface area (Å²) in [5.41, 5.74) is 5.46. The average Bonchev–Trinajstić information content (AvgIpc) is 2.66. The van der Waals surface area contributed by atoms with E-state index in [1.165, 1.54) is 0 Å². The second-order valence-electron chi connectivity index (χ2n) is 5.35. The van der Waals surface area contributed by atoms with Gasteiger partial charge in [0.05, 0.1) is 38.7 Å². The van der Waals surface area contributed by atoms with Gasteiger partial charge in [-0.1, -0.05) is 11.6 Å². The van der Waals surface area contributed by atoms with Gasteiger partial charge in [-0.25, -0.2) is 0 Å². The summed E-state index contributed by atoms with van der Waals surface area (Å²) in [6, 6.07) is 11.0. The molecule has 26 heavy (non-hydrogen) atoms. The fourth-order valence-electron chi connectivity index (χ4n) is 2.57. The number of halogens is 1. The molecule has 0 aliphatic carbocycles. The van der Waals surface area contributed by atoms with E-state index in [4.69, 9.17) is 25.8 Å². The van der Waals surface area contributed by atoms with E-state index in [-0.39, 0.29) is 0 Å². The molecule has 3 aromatic rings. The van der Waals surface area contributed by atoms with Crippen molar-refractivity contribution in [1.82, 2.24) is 4.98 Å². The first-order valence-corrected chi connectivity index (χ1v) is 8.17. The number of rotatable bonds is 6. The first-order valence-electron chi connectivity index (χ1n) is 7.79.